The van der Waals surface area contributed by atoms with Gasteiger partial charge in [-0.1, -0.05) is 33.1 Å². The number of phenolic OH excluding ortho intramolecular Hbond substituents is 2. The van der Waals surface area contributed by atoms with E-state index in [4.69, 9.17) is 4.74 Å². The summed E-state index contributed by atoms with van der Waals surface area (Å²) in [6, 6.07) is 4.66. The van der Waals surface area contributed by atoms with Crippen LogP contribution in [0.4, 0.5) is 0 Å². The maximum atomic E-state index is 12.2. The van der Waals surface area contributed by atoms with Crippen LogP contribution in [0, 0.1) is 5.92 Å². The van der Waals surface area contributed by atoms with Crippen molar-refractivity contribution in [3.63, 3.8) is 0 Å². The first-order chi connectivity index (χ1) is 11.5. The molecule has 134 valence electrons. The van der Waals surface area contributed by atoms with Gasteiger partial charge >= 0.3 is 5.97 Å². The normalized spacial score (nSPS) is 23.8. The van der Waals surface area contributed by atoms with Gasteiger partial charge in [0.1, 0.15) is 11.5 Å². The van der Waals surface area contributed by atoms with Crippen molar-refractivity contribution in [1.82, 2.24) is 0 Å². The van der Waals surface area contributed by atoms with Gasteiger partial charge in [-0.25, -0.2) is 0 Å². The predicted molar refractivity (Wildman–Crippen MR) is 94.2 cm³/mol. The van der Waals surface area contributed by atoms with Gasteiger partial charge in [0.15, 0.2) is 0 Å². The maximum absolute atomic E-state index is 12.2. The zero-order chi connectivity index (χ0) is 17.6. The van der Waals surface area contributed by atoms with Crippen LogP contribution < -0.4 is 0 Å². The molecule has 0 aromatic heterocycles. The Bertz CT molecular complexity index is 545. The number of phenols is 2. The van der Waals surface area contributed by atoms with Gasteiger partial charge in [0, 0.05) is 5.56 Å². The van der Waals surface area contributed by atoms with Crippen molar-refractivity contribution in [2.75, 3.05) is 6.61 Å². The second kappa shape index (κ2) is 8.41. The van der Waals surface area contributed by atoms with E-state index in [1.165, 1.54) is 25.0 Å². The number of hydrogen-bond donors (Lipinski definition) is 2. The number of rotatable bonds is 7. The molecule has 0 aliphatic heterocycles. The number of benzene rings is 1. The predicted octanol–water partition coefficient (Wildman–Crippen LogP) is 4.67. The third kappa shape index (κ3) is 4.65. The molecular weight excluding hydrogens is 304 g/mol. The minimum atomic E-state index is -0.208. The molecule has 0 unspecified atom stereocenters. The van der Waals surface area contributed by atoms with E-state index >= 15 is 0 Å². The van der Waals surface area contributed by atoms with Crippen LogP contribution >= 0.6 is 0 Å². The van der Waals surface area contributed by atoms with E-state index in [2.05, 4.69) is 13.8 Å². The summed E-state index contributed by atoms with van der Waals surface area (Å²) in [5, 5.41) is 19.8. The maximum Gasteiger partial charge on any atom is 0.308 e. The van der Waals surface area contributed by atoms with Gasteiger partial charge in [-0.05, 0) is 55.7 Å². The third-order valence-corrected chi connectivity index (χ3v) is 5.30. The molecule has 2 N–H and O–H groups in total. The van der Waals surface area contributed by atoms with Crippen molar-refractivity contribution in [2.24, 2.45) is 5.92 Å². The summed E-state index contributed by atoms with van der Waals surface area (Å²) in [4.78, 5) is 12.2. The highest BCUT2D eigenvalue weighted by Gasteiger charge is 2.37. The fourth-order valence-corrected chi connectivity index (χ4v) is 3.59. The minimum absolute atomic E-state index is 0.0382. The SMILES string of the molecule is CCCCCCOC(=O)C1CCC(C)(c2cc(O)ccc2O)CC1. The van der Waals surface area contributed by atoms with Crippen molar-refractivity contribution in [3.8, 4) is 11.5 Å². The van der Waals surface area contributed by atoms with E-state index in [1.54, 1.807) is 6.07 Å². The lowest BCUT2D eigenvalue weighted by molar-refractivity contribution is -0.150. The monoisotopic (exact) mass is 334 g/mol. The van der Waals surface area contributed by atoms with Crippen molar-refractivity contribution in [2.45, 2.75) is 70.6 Å². The van der Waals surface area contributed by atoms with Crippen LogP contribution in [-0.2, 0) is 14.9 Å². The standard InChI is InChI=1S/C20H30O4/c1-3-4-5-6-13-24-19(23)15-9-11-20(2,12-10-15)17-14-16(21)7-8-18(17)22/h7-8,14-15,21-22H,3-6,9-13H2,1-2H3. The summed E-state index contributed by atoms with van der Waals surface area (Å²) in [5.41, 5.74) is 0.565. The zero-order valence-corrected chi connectivity index (χ0v) is 14.9. The van der Waals surface area contributed by atoms with E-state index in [0.29, 0.717) is 6.61 Å². The molecule has 0 heterocycles. The lowest BCUT2D eigenvalue weighted by atomic mass is 9.67. The van der Waals surface area contributed by atoms with Crippen molar-refractivity contribution >= 4 is 5.97 Å². The molecule has 24 heavy (non-hydrogen) atoms. The largest absolute Gasteiger partial charge is 0.508 e. The van der Waals surface area contributed by atoms with E-state index in [0.717, 1.165) is 44.1 Å². The Kier molecular flexibility index (Phi) is 6.52. The fraction of sp³-hybridized carbons (Fsp3) is 0.650. The molecule has 1 fully saturated rings. The Balaban J connectivity index is 1.86. The zero-order valence-electron chi connectivity index (χ0n) is 14.9. The number of carbonyl (C=O) groups is 1. The molecule has 0 bridgehead atoms. The molecule has 0 atom stereocenters. The summed E-state index contributed by atoms with van der Waals surface area (Å²) in [7, 11) is 0. The van der Waals surface area contributed by atoms with E-state index < -0.39 is 0 Å². The highest BCUT2D eigenvalue weighted by atomic mass is 16.5. The molecule has 1 aliphatic carbocycles. The van der Waals surface area contributed by atoms with Gasteiger partial charge in [-0.2, -0.15) is 0 Å². The van der Waals surface area contributed by atoms with Crippen LogP contribution in [-0.4, -0.2) is 22.8 Å². The lowest BCUT2D eigenvalue weighted by Gasteiger charge is -2.37. The van der Waals surface area contributed by atoms with Crippen LogP contribution in [0.15, 0.2) is 18.2 Å². The summed E-state index contributed by atoms with van der Waals surface area (Å²) >= 11 is 0. The van der Waals surface area contributed by atoms with Crippen LogP contribution in [0.3, 0.4) is 0 Å². The Labute approximate surface area is 144 Å². The average Bonchev–Trinajstić information content (AvgIpc) is 2.57. The van der Waals surface area contributed by atoms with E-state index in [9.17, 15) is 15.0 Å². The van der Waals surface area contributed by atoms with Gasteiger partial charge in [-0.15, -0.1) is 0 Å². The molecule has 0 saturated heterocycles. The number of hydrogen-bond acceptors (Lipinski definition) is 4. The molecule has 4 nitrogen and oxygen atoms in total. The molecule has 0 amide bonds. The van der Waals surface area contributed by atoms with Gasteiger partial charge < -0.3 is 14.9 Å². The number of unbranched alkanes of at least 4 members (excludes halogenated alkanes) is 3. The summed E-state index contributed by atoms with van der Waals surface area (Å²) in [6.07, 6.45) is 7.56. The van der Waals surface area contributed by atoms with Gasteiger partial charge in [-0.3, -0.25) is 4.79 Å². The molecule has 1 aromatic carbocycles. The van der Waals surface area contributed by atoms with Gasteiger partial charge in [0.2, 0.25) is 0 Å². The second-order valence-electron chi connectivity index (χ2n) is 7.26. The molecule has 0 spiro atoms. The van der Waals surface area contributed by atoms with Crippen molar-refractivity contribution < 1.29 is 19.7 Å². The van der Waals surface area contributed by atoms with E-state index in [-0.39, 0.29) is 28.8 Å². The Morgan fingerprint density at radius 1 is 1.21 bits per heavy atom. The number of ether oxygens (including phenoxy) is 1. The highest BCUT2D eigenvalue weighted by molar-refractivity contribution is 5.72. The van der Waals surface area contributed by atoms with Crippen LogP contribution in [0.5, 0.6) is 11.5 Å². The van der Waals surface area contributed by atoms with Crippen LogP contribution in [0.1, 0.15) is 70.8 Å². The lowest BCUT2D eigenvalue weighted by Crippen LogP contribution is -2.32. The smallest absolute Gasteiger partial charge is 0.308 e. The number of esters is 1. The Morgan fingerprint density at radius 2 is 1.92 bits per heavy atom. The topological polar surface area (TPSA) is 66.8 Å². The number of carbonyl (C=O) groups excluding carboxylic acids is 1. The fourth-order valence-electron chi connectivity index (χ4n) is 3.59. The first-order valence-electron chi connectivity index (χ1n) is 9.15. The first kappa shape index (κ1) is 18.6. The molecular formula is C20H30O4. The minimum Gasteiger partial charge on any atom is -0.508 e. The molecule has 1 saturated carbocycles. The summed E-state index contributed by atoms with van der Waals surface area (Å²) in [5.74, 6) is 0.266. The summed E-state index contributed by atoms with van der Waals surface area (Å²) in [6.45, 7) is 4.78. The Hall–Kier alpha value is -1.71. The van der Waals surface area contributed by atoms with E-state index in [1.807, 2.05) is 0 Å². The van der Waals surface area contributed by atoms with Gasteiger partial charge in [0.25, 0.3) is 0 Å². The van der Waals surface area contributed by atoms with Crippen LogP contribution in [0.25, 0.3) is 0 Å². The first-order valence-corrected chi connectivity index (χ1v) is 9.15. The second-order valence-corrected chi connectivity index (χ2v) is 7.26. The quantitative estimate of drug-likeness (QED) is 0.432. The molecule has 1 aromatic rings. The highest BCUT2D eigenvalue weighted by Crippen LogP contribution is 2.45. The molecule has 1 aliphatic rings. The summed E-state index contributed by atoms with van der Waals surface area (Å²) < 4.78 is 5.42. The molecule has 2 rings (SSSR count). The van der Waals surface area contributed by atoms with Crippen LogP contribution in [0.2, 0.25) is 0 Å². The molecule has 0 radical (unpaired) electrons. The van der Waals surface area contributed by atoms with Gasteiger partial charge in [0.05, 0.1) is 12.5 Å². The number of aromatic hydroxyl groups is 2. The Morgan fingerprint density at radius 3 is 2.58 bits per heavy atom. The van der Waals surface area contributed by atoms with Crippen molar-refractivity contribution in [3.05, 3.63) is 23.8 Å². The average molecular weight is 334 g/mol. The molecule has 4 heteroatoms. The third-order valence-electron chi connectivity index (χ3n) is 5.30. The van der Waals surface area contributed by atoms with Crippen molar-refractivity contribution in [1.29, 1.82) is 0 Å².